The highest BCUT2D eigenvalue weighted by Crippen LogP contribution is 2.26. The van der Waals surface area contributed by atoms with Gasteiger partial charge in [0.05, 0.1) is 0 Å². The van der Waals surface area contributed by atoms with E-state index in [2.05, 4.69) is 5.32 Å². The number of anilines is 1. The van der Waals surface area contributed by atoms with Gasteiger partial charge in [0.2, 0.25) is 5.91 Å². The third-order valence-electron chi connectivity index (χ3n) is 3.62. The van der Waals surface area contributed by atoms with E-state index in [1.165, 1.54) is 6.92 Å². The molecule has 0 atom stereocenters. The Morgan fingerprint density at radius 1 is 1.12 bits per heavy atom. The Bertz CT molecular complexity index is 762. The molecule has 0 bridgehead atoms. The molecule has 0 heterocycles. The highest BCUT2D eigenvalue weighted by atomic mass is 35.5. The van der Waals surface area contributed by atoms with Crippen molar-refractivity contribution in [2.75, 3.05) is 18.0 Å². The third-order valence-corrected chi connectivity index (χ3v) is 4.26. The second-order valence-electron chi connectivity index (χ2n) is 5.32. The smallest absolute Gasteiger partial charge is 0.251 e. The van der Waals surface area contributed by atoms with Crippen molar-refractivity contribution in [3.8, 4) is 0 Å². The van der Waals surface area contributed by atoms with Gasteiger partial charge in [-0.2, -0.15) is 0 Å². The average Bonchev–Trinajstić information content (AvgIpc) is 2.54. The standard InChI is InChI=1S/C18H18Cl2N2O2/c1-12-16(20)7-4-8-17(12)22(13(2)23)10-9-21-18(24)14-5-3-6-15(19)11-14/h3-8,11H,9-10H2,1-2H3,(H,21,24). The van der Waals surface area contributed by atoms with Crippen LogP contribution in [-0.2, 0) is 4.79 Å². The van der Waals surface area contributed by atoms with Crippen LogP contribution in [0.3, 0.4) is 0 Å². The Labute approximate surface area is 151 Å². The molecule has 6 heteroatoms. The number of rotatable bonds is 5. The van der Waals surface area contributed by atoms with Crippen LogP contribution in [0.25, 0.3) is 0 Å². The fourth-order valence-electron chi connectivity index (χ4n) is 2.35. The zero-order valence-electron chi connectivity index (χ0n) is 13.5. The number of amides is 2. The van der Waals surface area contributed by atoms with E-state index in [-0.39, 0.29) is 11.8 Å². The van der Waals surface area contributed by atoms with Crippen LogP contribution in [0.4, 0.5) is 5.69 Å². The maximum atomic E-state index is 12.1. The number of hydrogen-bond acceptors (Lipinski definition) is 2. The van der Waals surface area contributed by atoms with E-state index in [0.717, 1.165) is 11.3 Å². The fraction of sp³-hybridized carbons (Fsp3) is 0.222. The molecule has 0 aliphatic rings. The normalized spacial score (nSPS) is 10.3. The number of nitrogens with one attached hydrogen (secondary N) is 1. The topological polar surface area (TPSA) is 49.4 Å². The zero-order chi connectivity index (χ0) is 17.7. The van der Waals surface area contributed by atoms with E-state index in [1.54, 1.807) is 41.3 Å². The van der Waals surface area contributed by atoms with Crippen molar-refractivity contribution < 1.29 is 9.59 Å². The Balaban J connectivity index is 2.03. The van der Waals surface area contributed by atoms with Crippen LogP contribution in [0, 0.1) is 6.92 Å². The minimum Gasteiger partial charge on any atom is -0.350 e. The predicted molar refractivity (Wildman–Crippen MR) is 98.0 cm³/mol. The van der Waals surface area contributed by atoms with Crippen molar-refractivity contribution in [3.63, 3.8) is 0 Å². The summed E-state index contributed by atoms with van der Waals surface area (Å²) in [5, 5.41) is 3.89. The number of halogens is 2. The molecule has 0 aliphatic carbocycles. The first kappa shape index (κ1) is 18.3. The second-order valence-corrected chi connectivity index (χ2v) is 6.16. The SMILES string of the molecule is CC(=O)N(CCNC(=O)c1cccc(Cl)c1)c1cccc(Cl)c1C. The quantitative estimate of drug-likeness (QED) is 0.868. The molecule has 0 radical (unpaired) electrons. The van der Waals surface area contributed by atoms with E-state index in [0.29, 0.717) is 28.7 Å². The molecule has 2 aromatic rings. The largest absolute Gasteiger partial charge is 0.350 e. The fourth-order valence-corrected chi connectivity index (χ4v) is 2.71. The first-order chi connectivity index (χ1) is 11.4. The maximum absolute atomic E-state index is 12.1. The van der Waals surface area contributed by atoms with Gasteiger partial charge >= 0.3 is 0 Å². The number of nitrogens with zero attached hydrogens (tertiary/aromatic N) is 1. The molecule has 0 aromatic heterocycles. The Morgan fingerprint density at radius 2 is 1.83 bits per heavy atom. The number of benzene rings is 2. The van der Waals surface area contributed by atoms with E-state index >= 15 is 0 Å². The number of carbonyl (C=O) groups is 2. The molecule has 4 nitrogen and oxygen atoms in total. The molecule has 0 saturated carbocycles. The van der Waals surface area contributed by atoms with Crippen molar-refractivity contribution >= 4 is 40.7 Å². The van der Waals surface area contributed by atoms with Crippen LogP contribution in [0.5, 0.6) is 0 Å². The highest BCUT2D eigenvalue weighted by Gasteiger charge is 2.15. The molecule has 1 N–H and O–H groups in total. The van der Waals surface area contributed by atoms with Crippen LogP contribution in [0.15, 0.2) is 42.5 Å². The summed E-state index contributed by atoms with van der Waals surface area (Å²) < 4.78 is 0. The van der Waals surface area contributed by atoms with Crippen LogP contribution < -0.4 is 10.2 Å². The molecule has 0 aliphatic heterocycles. The van der Waals surface area contributed by atoms with Crippen molar-refractivity contribution in [1.29, 1.82) is 0 Å². The van der Waals surface area contributed by atoms with Gasteiger partial charge in [0.15, 0.2) is 0 Å². The van der Waals surface area contributed by atoms with E-state index in [9.17, 15) is 9.59 Å². The molecule has 24 heavy (non-hydrogen) atoms. The lowest BCUT2D eigenvalue weighted by molar-refractivity contribution is -0.116. The van der Waals surface area contributed by atoms with Crippen molar-refractivity contribution in [2.24, 2.45) is 0 Å². The Hall–Kier alpha value is -2.04. The van der Waals surface area contributed by atoms with Crippen molar-refractivity contribution in [1.82, 2.24) is 5.32 Å². The lowest BCUT2D eigenvalue weighted by Crippen LogP contribution is -2.38. The van der Waals surface area contributed by atoms with E-state index < -0.39 is 0 Å². The van der Waals surface area contributed by atoms with E-state index in [1.807, 2.05) is 13.0 Å². The molecule has 2 rings (SSSR count). The van der Waals surface area contributed by atoms with Crippen LogP contribution in [0.2, 0.25) is 10.0 Å². The minimum atomic E-state index is -0.233. The monoisotopic (exact) mass is 364 g/mol. The van der Waals surface area contributed by atoms with Crippen molar-refractivity contribution in [2.45, 2.75) is 13.8 Å². The van der Waals surface area contributed by atoms with Gasteiger partial charge < -0.3 is 10.2 Å². The summed E-state index contributed by atoms with van der Waals surface area (Å²) in [5.74, 6) is -0.346. The molecular formula is C18H18Cl2N2O2. The Kier molecular flexibility index (Phi) is 6.23. The molecule has 2 aromatic carbocycles. The summed E-state index contributed by atoms with van der Waals surface area (Å²) in [4.78, 5) is 25.7. The molecule has 0 unspecified atom stereocenters. The van der Waals surface area contributed by atoms with Crippen LogP contribution in [0.1, 0.15) is 22.8 Å². The molecule has 0 spiro atoms. The van der Waals surface area contributed by atoms with Gasteiger partial charge in [0.25, 0.3) is 5.91 Å². The molecular weight excluding hydrogens is 347 g/mol. The lowest BCUT2D eigenvalue weighted by Gasteiger charge is -2.23. The molecule has 0 fully saturated rings. The third kappa shape index (κ3) is 4.49. The number of hydrogen-bond donors (Lipinski definition) is 1. The van der Waals surface area contributed by atoms with Crippen LogP contribution in [-0.4, -0.2) is 24.9 Å². The number of carbonyl (C=O) groups excluding carboxylic acids is 2. The highest BCUT2D eigenvalue weighted by molar-refractivity contribution is 6.32. The van der Waals surface area contributed by atoms with Gasteiger partial charge in [-0.3, -0.25) is 9.59 Å². The average molecular weight is 365 g/mol. The summed E-state index contributed by atoms with van der Waals surface area (Å²) in [7, 11) is 0. The van der Waals surface area contributed by atoms with Gasteiger partial charge in [-0.15, -0.1) is 0 Å². The minimum absolute atomic E-state index is 0.114. The van der Waals surface area contributed by atoms with Gasteiger partial charge in [-0.05, 0) is 42.8 Å². The van der Waals surface area contributed by atoms with Crippen LogP contribution >= 0.6 is 23.2 Å². The van der Waals surface area contributed by atoms with Gasteiger partial charge in [-0.25, -0.2) is 0 Å². The zero-order valence-corrected chi connectivity index (χ0v) is 15.0. The molecule has 2 amide bonds. The molecule has 0 saturated heterocycles. The first-order valence-corrected chi connectivity index (χ1v) is 8.22. The maximum Gasteiger partial charge on any atom is 0.251 e. The van der Waals surface area contributed by atoms with Gasteiger partial charge in [0.1, 0.15) is 0 Å². The van der Waals surface area contributed by atoms with Crippen molar-refractivity contribution in [3.05, 3.63) is 63.6 Å². The summed E-state index contributed by atoms with van der Waals surface area (Å²) in [6, 6.07) is 12.1. The van der Waals surface area contributed by atoms with Gasteiger partial charge in [0, 0.05) is 41.3 Å². The summed E-state index contributed by atoms with van der Waals surface area (Å²) >= 11 is 12.0. The lowest BCUT2D eigenvalue weighted by atomic mass is 10.1. The summed E-state index contributed by atoms with van der Waals surface area (Å²) in [5.41, 5.74) is 2.05. The second kappa shape index (κ2) is 8.18. The molecule has 126 valence electrons. The van der Waals surface area contributed by atoms with Gasteiger partial charge in [-0.1, -0.05) is 35.3 Å². The summed E-state index contributed by atoms with van der Waals surface area (Å²) in [6.07, 6.45) is 0. The first-order valence-electron chi connectivity index (χ1n) is 7.47. The van der Waals surface area contributed by atoms with E-state index in [4.69, 9.17) is 23.2 Å². The predicted octanol–water partition coefficient (Wildman–Crippen LogP) is 4.08. The Morgan fingerprint density at radius 3 is 2.50 bits per heavy atom. The summed E-state index contributed by atoms with van der Waals surface area (Å²) in [6.45, 7) is 4.01.